The molecule has 0 unspecified atom stereocenters. The van der Waals surface area contributed by atoms with E-state index in [0.717, 1.165) is 0 Å². The number of rotatable bonds is 4. The van der Waals surface area contributed by atoms with Gasteiger partial charge in [0, 0.05) is 13.1 Å². The first-order chi connectivity index (χ1) is 6.27. The van der Waals surface area contributed by atoms with E-state index in [4.69, 9.17) is 10.2 Å². The Morgan fingerprint density at radius 1 is 1.38 bits per heavy atom. The van der Waals surface area contributed by atoms with Gasteiger partial charge in [0.05, 0.1) is 19.0 Å². The van der Waals surface area contributed by atoms with Gasteiger partial charge in [0.2, 0.25) is 0 Å². The minimum Gasteiger partial charge on any atom is -0.395 e. The van der Waals surface area contributed by atoms with Gasteiger partial charge in [-0.05, 0) is 0 Å². The Hall–Kier alpha value is -0.590. The Morgan fingerprint density at radius 2 is 2.00 bits per heavy atom. The summed E-state index contributed by atoms with van der Waals surface area (Å²) in [7, 11) is 0. The maximum absolute atomic E-state index is 10.8. The molecule has 0 bridgehead atoms. The molecule has 0 fully saturated rings. The highest BCUT2D eigenvalue weighted by molar-refractivity contribution is 8.14. The second kappa shape index (κ2) is 5.21. The summed E-state index contributed by atoms with van der Waals surface area (Å²) in [5.41, 5.74) is 0. The number of amidine groups is 1. The Morgan fingerprint density at radius 3 is 2.38 bits per heavy atom. The van der Waals surface area contributed by atoms with Crippen molar-refractivity contribution in [1.29, 1.82) is 0 Å². The Labute approximate surface area is 80.5 Å². The van der Waals surface area contributed by atoms with Crippen LogP contribution in [-0.2, 0) is 4.79 Å². The zero-order chi connectivity index (χ0) is 9.68. The molecule has 2 N–H and O–H groups in total. The fourth-order valence-electron chi connectivity index (χ4n) is 1.00. The summed E-state index contributed by atoms with van der Waals surface area (Å²) in [6.45, 7) is 0.793. The minimum absolute atomic E-state index is 0.00618. The monoisotopic (exact) mass is 204 g/mol. The fourth-order valence-corrected chi connectivity index (χ4v) is 1.85. The van der Waals surface area contributed by atoms with Crippen LogP contribution in [0.1, 0.15) is 0 Å². The lowest BCUT2D eigenvalue weighted by molar-refractivity contribution is -0.115. The van der Waals surface area contributed by atoms with Crippen molar-refractivity contribution in [2.75, 3.05) is 32.1 Å². The first-order valence-corrected chi connectivity index (χ1v) is 4.97. The molecule has 0 aromatic heterocycles. The minimum atomic E-state index is -0.152. The van der Waals surface area contributed by atoms with Crippen LogP contribution in [0.15, 0.2) is 4.99 Å². The molecule has 0 aromatic carbocycles. The number of hydrogen-bond donors (Lipinski definition) is 2. The number of aliphatic hydroxyl groups excluding tert-OH is 2. The van der Waals surface area contributed by atoms with Crippen molar-refractivity contribution in [3.8, 4) is 0 Å². The lowest BCUT2D eigenvalue weighted by Gasteiger charge is -2.20. The maximum Gasteiger partial charge on any atom is 0.258 e. The van der Waals surface area contributed by atoms with Gasteiger partial charge in [0.25, 0.3) is 5.91 Å². The van der Waals surface area contributed by atoms with Crippen LogP contribution in [-0.4, -0.2) is 58.2 Å². The van der Waals surface area contributed by atoms with E-state index in [0.29, 0.717) is 24.0 Å². The fraction of sp³-hybridized carbons (Fsp3) is 0.714. The van der Waals surface area contributed by atoms with Crippen LogP contribution in [0.3, 0.4) is 0 Å². The van der Waals surface area contributed by atoms with Gasteiger partial charge in [-0.3, -0.25) is 4.79 Å². The third-order valence-corrected chi connectivity index (χ3v) is 2.55. The number of aliphatic imine (C=N–C) groups is 1. The van der Waals surface area contributed by atoms with Crippen LogP contribution < -0.4 is 0 Å². The first kappa shape index (κ1) is 10.5. The molecule has 1 heterocycles. The lowest BCUT2D eigenvalue weighted by Crippen LogP contribution is -2.33. The van der Waals surface area contributed by atoms with Gasteiger partial charge in [-0.25, -0.2) is 0 Å². The van der Waals surface area contributed by atoms with Crippen LogP contribution in [0.5, 0.6) is 0 Å². The summed E-state index contributed by atoms with van der Waals surface area (Å²) in [6.07, 6.45) is 0. The van der Waals surface area contributed by atoms with E-state index in [9.17, 15) is 4.79 Å². The lowest BCUT2D eigenvalue weighted by atomic mass is 10.5. The van der Waals surface area contributed by atoms with Gasteiger partial charge in [-0.1, -0.05) is 11.8 Å². The molecule has 1 aliphatic rings. The van der Waals surface area contributed by atoms with Crippen molar-refractivity contribution >= 4 is 22.8 Å². The Bertz CT molecular complexity index is 214. The number of aliphatic hydroxyl groups is 2. The van der Waals surface area contributed by atoms with Gasteiger partial charge in [-0.15, -0.1) is 0 Å². The van der Waals surface area contributed by atoms with Gasteiger partial charge in [-0.2, -0.15) is 4.99 Å². The topological polar surface area (TPSA) is 73.1 Å². The predicted octanol–water partition coefficient (Wildman–Crippen LogP) is -1.10. The Balaban J connectivity index is 2.53. The summed E-state index contributed by atoms with van der Waals surface area (Å²) in [5.74, 6) is 0.212. The van der Waals surface area contributed by atoms with E-state index in [1.165, 1.54) is 11.8 Å². The number of carbonyl (C=O) groups is 1. The van der Waals surface area contributed by atoms with Crippen LogP contribution in [0.4, 0.5) is 0 Å². The molecule has 0 spiro atoms. The largest absolute Gasteiger partial charge is 0.395 e. The van der Waals surface area contributed by atoms with E-state index in [1.54, 1.807) is 4.90 Å². The van der Waals surface area contributed by atoms with Gasteiger partial charge in [0.15, 0.2) is 5.17 Å². The molecule has 0 saturated heterocycles. The van der Waals surface area contributed by atoms with Crippen molar-refractivity contribution in [3.63, 3.8) is 0 Å². The molecule has 0 saturated carbocycles. The zero-order valence-corrected chi connectivity index (χ0v) is 7.96. The predicted molar refractivity (Wildman–Crippen MR) is 50.6 cm³/mol. The zero-order valence-electron chi connectivity index (χ0n) is 7.14. The highest BCUT2D eigenvalue weighted by atomic mass is 32.2. The van der Waals surface area contributed by atoms with E-state index < -0.39 is 0 Å². The molecular formula is C7H12N2O3S. The molecule has 0 aromatic rings. The van der Waals surface area contributed by atoms with E-state index in [-0.39, 0.29) is 19.1 Å². The van der Waals surface area contributed by atoms with Crippen molar-refractivity contribution < 1.29 is 15.0 Å². The molecule has 1 aliphatic heterocycles. The molecule has 13 heavy (non-hydrogen) atoms. The maximum atomic E-state index is 10.8. The second-order valence-corrected chi connectivity index (χ2v) is 3.45. The molecule has 0 aliphatic carbocycles. The van der Waals surface area contributed by atoms with Crippen LogP contribution >= 0.6 is 11.8 Å². The molecule has 1 rings (SSSR count). The summed E-state index contributed by atoms with van der Waals surface area (Å²) in [5, 5.41) is 18.0. The average molecular weight is 204 g/mol. The van der Waals surface area contributed by atoms with Crippen molar-refractivity contribution in [1.82, 2.24) is 4.90 Å². The number of thioether (sulfide) groups is 1. The van der Waals surface area contributed by atoms with E-state index >= 15 is 0 Å². The standard InChI is InChI=1S/C7H12N2O3S/c10-3-1-9(2-4-11)7-8-6(12)5-13-7/h10-11H,1-5H2. The smallest absolute Gasteiger partial charge is 0.258 e. The van der Waals surface area contributed by atoms with Crippen LogP contribution in [0, 0.1) is 0 Å². The highest BCUT2D eigenvalue weighted by Crippen LogP contribution is 2.15. The van der Waals surface area contributed by atoms with E-state index in [2.05, 4.69) is 4.99 Å². The molecule has 0 radical (unpaired) electrons. The average Bonchev–Trinajstić information content (AvgIpc) is 2.51. The van der Waals surface area contributed by atoms with Gasteiger partial charge in [0.1, 0.15) is 0 Å². The summed E-state index contributed by atoms with van der Waals surface area (Å²) in [6, 6.07) is 0. The van der Waals surface area contributed by atoms with Crippen LogP contribution in [0.25, 0.3) is 0 Å². The molecule has 6 heteroatoms. The third-order valence-electron chi connectivity index (χ3n) is 1.56. The molecule has 0 atom stereocenters. The summed E-state index contributed by atoms with van der Waals surface area (Å²) >= 11 is 1.34. The molecule has 1 amide bonds. The molecule has 74 valence electrons. The Kier molecular flexibility index (Phi) is 4.20. The van der Waals surface area contributed by atoms with Gasteiger partial charge < -0.3 is 15.1 Å². The van der Waals surface area contributed by atoms with Crippen molar-refractivity contribution in [2.24, 2.45) is 4.99 Å². The SMILES string of the molecule is O=C1CSC(N(CCO)CCO)=N1. The van der Waals surface area contributed by atoms with Crippen molar-refractivity contribution in [3.05, 3.63) is 0 Å². The number of amides is 1. The first-order valence-electron chi connectivity index (χ1n) is 3.99. The number of hydrogen-bond acceptors (Lipinski definition) is 5. The number of carbonyl (C=O) groups excluding carboxylic acids is 1. The highest BCUT2D eigenvalue weighted by Gasteiger charge is 2.19. The number of nitrogens with zero attached hydrogens (tertiary/aromatic N) is 2. The summed E-state index contributed by atoms with van der Waals surface area (Å²) < 4.78 is 0. The summed E-state index contributed by atoms with van der Waals surface area (Å²) in [4.78, 5) is 16.3. The van der Waals surface area contributed by atoms with Gasteiger partial charge >= 0.3 is 0 Å². The van der Waals surface area contributed by atoms with E-state index in [1.807, 2.05) is 0 Å². The molecular weight excluding hydrogens is 192 g/mol. The third kappa shape index (κ3) is 2.98. The van der Waals surface area contributed by atoms with Crippen LogP contribution in [0.2, 0.25) is 0 Å². The quantitative estimate of drug-likeness (QED) is 0.608. The second-order valence-electron chi connectivity index (χ2n) is 2.51. The normalized spacial score (nSPS) is 16.2. The van der Waals surface area contributed by atoms with Crippen molar-refractivity contribution in [2.45, 2.75) is 0 Å². The molecule has 5 nitrogen and oxygen atoms in total.